The normalized spacial score (nSPS) is 12.0. The summed E-state index contributed by atoms with van der Waals surface area (Å²) in [5.41, 5.74) is 0.903. The van der Waals surface area contributed by atoms with Crippen LogP contribution in [0.5, 0.6) is 0 Å². The number of aromatic nitrogens is 1. The van der Waals surface area contributed by atoms with Crippen molar-refractivity contribution < 1.29 is 27.2 Å². The van der Waals surface area contributed by atoms with E-state index >= 15 is 0 Å². The summed E-state index contributed by atoms with van der Waals surface area (Å²) in [6.07, 6.45) is 3.50. The topological polar surface area (TPSA) is 149 Å². The van der Waals surface area contributed by atoms with Crippen LogP contribution in [0.4, 0.5) is 0 Å². The summed E-state index contributed by atoms with van der Waals surface area (Å²) in [6.45, 7) is 5.94. The molecule has 0 atom stereocenters. The van der Waals surface area contributed by atoms with Gasteiger partial charge in [-0.05, 0) is 39.8 Å². The summed E-state index contributed by atoms with van der Waals surface area (Å²) < 4.78 is 0. The molecule has 0 amide bonds. The van der Waals surface area contributed by atoms with E-state index in [2.05, 4.69) is 25.6 Å². The molecule has 9 nitrogen and oxygen atoms in total. The number of nitrogens with zero attached hydrogens (tertiary/aromatic N) is 5. The van der Waals surface area contributed by atoms with Crippen LogP contribution in [0.25, 0.3) is 0 Å². The number of hydrogen-bond donors (Lipinski definition) is 2. The van der Waals surface area contributed by atoms with Crippen molar-refractivity contribution in [1.82, 2.24) is 4.98 Å². The van der Waals surface area contributed by atoms with Crippen molar-refractivity contribution in [2.45, 2.75) is 27.7 Å². The fraction of sp³-hybridized carbons (Fsp3) is 0.308. The van der Waals surface area contributed by atoms with Crippen LogP contribution in [0.1, 0.15) is 27.7 Å². The van der Waals surface area contributed by atoms with Gasteiger partial charge >= 0.3 is 16.8 Å². The molecule has 1 radical (unpaired) electrons. The quantitative estimate of drug-likeness (QED) is 0.467. The number of pyridine rings is 1. The first-order valence-corrected chi connectivity index (χ1v) is 6.01. The number of rotatable bonds is 2. The third-order valence-electron chi connectivity index (χ3n) is 2.19. The molecule has 0 spiro atoms. The third-order valence-corrected chi connectivity index (χ3v) is 2.19. The van der Waals surface area contributed by atoms with Gasteiger partial charge in [-0.1, -0.05) is 16.4 Å². The van der Waals surface area contributed by atoms with Crippen molar-refractivity contribution in [3.8, 4) is 0 Å². The Morgan fingerprint density at radius 2 is 1.09 bits per heavy atom. The molecule has 0 fully saturated rings. The van der Waals surface area contributed by atoms with Crippen molar-refractivity contribution in [3.05, 3.63) is 41.0 Å². The summed E-state index contributed by atoms with van der Waals surface area (Å²) >= 11 is 0. The summed E-state index contributed by atoms with van der Waals surface area (Å²) in [7, 11) is 0. The van der Waals surface area contributed by atoms with Crippen LogP contribution in [0.3, 0.4) is 0 Å². The minimum Gasteiger partial charge on any atom is -0.792 e. The summed E-state index contributed by atoms with van der Waals surface area (Å²) in [6, 6.07) is 5.72. The molecule has 2 N–H and O–H groups in total. The Hall–Kier alpha value is -2.46. The molecule has 0 saturated heterocycles. The van der Waals surface area contributed by atoms with Crippen LogP contribution in [-0.4, -0.2) is 38.2 Å². The van der Waals surface area contributed by atoms with Gasteiger partial charge in [-0.25, -0.2) is 0 Å². The van der Waals surface area contributed by atoms with Crippen LogP contribution in [0, 0.1) is 10.4 Å². The SMILES string of the molecule is CC(=N\[O-])/C(C)=N/O.CC(=N\[O-])/C(C)=N/O.[Co+2].c1ccncc1. The molecule has 1 rings (SSSR count). The molecule has 0 aliphatic rings. The van der Waals surface area contributed by atoms with Gasteiger partial charge in [0.1, 0.15) is 0 Å². The van der Waals surface area contributed by atoms with E-state index in [9.17, 15) is 10.4 Å². The Kier molecular flexibility index (Phi) is 19.5. The van der Waals surface area contributed by atoms with E-state index in [-0.39, 0.29) is 39.6 Å². The summed E-state index contributed by atoms with van der Waals surface area (Å²) in [4.78, 5) is 3.78. The Labute approximate surface area is 144 Å². The average Bonchev–Trinajstić information content (AvgIpc) is 2.61. The molecule has 0 aliphatic carbocycles. The standard InChI is InChI=1S/C5H5N.2C4H8N2O2.Co/c1-2-4-6-5-3-1;2*1-3(5-7)4(2)6-8;/h1-5H;2*7-8H,1-2H3;/q;;;+2/p-2/b;2*5-3+,6-4+;. The third kappa shape index (κ3) is 15.7. The van der Waals surface area contributed by atoms with Crippen molar-refractivity contribution in [2.75, 3.05) is 0 Å². The second kappa shape index (κ2) is 17.6. The van der Waals surface area contributed by atoms with Gasteiger partial charge in [0.25, 0.3) is 0 Å². The minimum atomic E-state index is 0. The van der Waals surface area contributed by atoms with E-state index < -0.39 is 0 Å². The van der Waals surface area contributed by atoms with Gasteiger partial charge in [-0.15, -0.1) is 0 Å². The van der Waals surface area contributed by atoms with Gasteiger partial charge in [0.15, 0.2) is 0 Å². The molecule has 129 valence electrons. The van der Waals surface area contributed by atoms with Crippen LogP contribution >= 0.6 is 0 Å². The fourth-order valence-corrected chi connectivity index (χ4v) is 0.589. The fourth-order valence-electron chi connectivity index (χ4n) is 0.589. The van der Waals surface area contributed by atoms with Crippen molar-refractivity contribution in [3.63, 3.8) is 0 Å². The predicted molar refractivity (Wildman–Crippen MR) is 87.0 cm³/mol. The Balaban J connectivity index is -0.000000257. The zero-order chi connectivity index (χ0) is 17.4. The maximum Gasteiger partial charge on any atom is 2.00 e. The van der Waals surface area contributed by atoms with Crippen molar-refractivity contribution in [2.24, 2.45) is 20.6 Å². The number of hydrogen-bond acceptors (Lipinski definition) is 9. The molecule has 0 aliphatic heterocycles. The molecular formula is C13H19CoN5O4. The first kappa shape index (κ1) is 25.5. The van der Waals surface area contributed by atoms with Crippen LogP contribution < -0.4 is 0 Å². The molecule has 1 aromatic rings. The Bertz CT molecular complexity index is 428. The smallest absolute Gasteiger partial charge is 0.792 e. The van der Waals surface area contributed by atoms with Gasteiger partial charge in [0.2, 0.25) is 0 Å². The maximum atomic E-state index is 9.63. The summed E-state index contributed by atoms with van der Waals surface area (Å²) in [5, 5.41) is 45.8. The molecule has 0 unspecified atom stereocenters. The molecule has 1 aromatic heterocycles. The van der Waals surface area contributed by atoms with Gasteiger partial charge in [-0.2, -0.15) is 0 Å². The second-order valence-electron chi connectivity index (χ2n) is 3.75. The zero-order valence-corrected chi connectivity index (χ0v) is 14.2. The van der Waals surface area contributed by atoms with Gasteiger partial charge < -0.3 is 31.1 Å². The van der Waals surface area contributed by atoms with E-state index in [1.165, 1.54) is 27.7 Å². The van der Waals surface area contributed by atoms with Crippen molar-refractivity contribution in [1.29, 1.82) is 0 Å². The van der Waals surface area contributed by atoms with E-state index in [4.69, 9.17) is 10.4 Å². The molecule has 0 aromatic carbocycles. The molecule has 23 heavy (non-hydrogen) atoms. The molecule has 10 heteroatoms. The Morgan fingerprint density at radius 3 is 1.17 bits per heavy atom. The molecule has 0 bridgehead atoms. The monoisotopic (exact) mass is 368 g/mol. The van der Waals surface area contributed by atoms with Gasteiger partial charge in [0.05, 0.1) is 22.8 Å². The second-order valence-corrected chi connectivity index (χ2v) is 3.75. The Morgan fingerprint density at radius 1 is 0.739 bits per heavy atom. The first-order valence-electron chi connectivity index (χ1n) is 6.01. The summed E-state index contributed by atoms with van der Waals surface area (Å²) in [5.74, 6) is 0. The first-order chi connectivity index (χ1) is 10.4. The van der Waals surface area contributed by atoms with Gasteiger partial charge in [0, 0.05) is 12.4 Å². The largest absolute Gasteiger partial charge is 2.00 e. The van der Waals surface area contributed by atoms with Gasteiger partial charge in [-0.3, -0.25) is 4.98 Å². The zero-order valence-electron chi connectivity index (χ0n) is 13.2. The average molecular weight is 368 g/mol. The van der Waals surface area contributed by atoms with Crippen LogP contribution in [-0.2, 0) is 16.8 Å². The van der Waals surface area contributed by atoms with E-state index in [0.29, 0.717) is 0 Å². The van der Waals surface area contributed by atoms with E-state index in [1.807, 2.05) is 18.2 Å². The van der Waals surface area contributed by atoms with Crippen LogP contribution in [0.2, 0.25) is 0 Å². The molecular weight excluding hydrogens is 349 g/mol. The van der Waals surface area contributed by atoms with E-state index in [1.54, 1.807) is 12.4 Å². The van der Waals surface area contributed by atoms with Crippen molar-refractivity contribution >= 4 is 22.8 Å². The maximum absolute atomic E-state index is 9.63. The molecule has 1 heterocycles. The minimum absolute atomic E-state index is 0. The number of oxime groups is 2. The molecule has 0 saturated carbocycles. The van der Waals surface area contributed by atoms with E-state index in [0.717, 1.165) is 0 Å². The predicted octanol–water partition coefficient (Wildman–Crippen LogP) is 2.67. The van der Waals surface area contributed by atoms with Crippen LogP contribution in [0.15, 0.2) is 51.2 Å².